The van der Waals surface area contributed by atoms with Crippen LogP contribution in [0, 0.1) is 0 Å². The van der Waals surface area contributed by atoms with E-state index in [1.54, 1.807) is 21.1 Å². The van der Waals surface area contributed by atoms with Crippen molar-refractivity contribution in [3.8, 4) is 11.5 Å². The number of ether oxygens (including phenoxy) is 2. The molecule has 6 heteroatoms. The summed E-state index contributed by atoms with van der Waals surface area (Å²) in [7, 11) is -0.110. The molecule has 0 aliphatic heterocycles. The lowest BCUT2D eigenvalue weighted by atomic mass is 10.2. The molecule has 0 atom stereocenters. The summed E-state index contributed by atoms with van der Waals surface area (Å²) in [4.78, 5) is 0. The fourth-order valence-corrected chi connectivity index (χ4v) is 3.36. The van der Waals surface area contributed by atoms with Gasteiger partial charge in [-0.25, -0.2) is 8.42 Å². The van der Waals surface area contributed by atoms with Crippen LogP contribution >= 0.6 is 0 Å². The van der Waals surface area contributed by atoms with Crippen molar-refractivity contribution in [2.24, 2.45) is 0 Å². The molecule has 0 amide bonds. The highest BCUT2D eigenvalue weighted by atomic mass is 32.2. The largest absolute Gasteiger partial charge is 0.497 e. The van der Waals surface area contributed by atoms with E-state index >= 15 is 0 Å². The standard InChI is InChI=1S/C18H23NO4S/c1-4-24(20,21)19(13-15-5-9-17(22-2)10-6-15)14-16-7-11-18(23-3)12-8-16/h5-12H,4,13-14H2,1-3H3. The van der Waals surface area contributed by atoms with E-state index < -0.39 is 10.0 Å². The Labute approximate surface area is 143 Å². The van der Waals surface area contributed by atoms with Crippen molar-refractivity contribution in [2.45, 2.75) is 20.0 Å². The van der Waals surface area contributed by atoms with Crippen LogP contribution in [0.1, 0.15) is 18.1 Å². The van der Waals surface area contributed by atoms with Crippen LogP contribution in [-0.4, -0.2) is 32.7 Å². The summed E-state index contributed by atoms with van der Waals surface area (Å²) in [5.74, 6) is 1.57. The first-order chi connectivity index (χ1) is 11.5. The first-order valence-electron chi connectivity index (χ1n) is 7.72. The number of nitrogens with zero attached hydrogens (tertiary/aromatic N) is 1. The maximum Gasteiger partial charge on any atom is 0.214 e. The van der Waals surface area contributed by atoms with Crippen LogP contribution in [0.3, 0.4) is 0 Å². The lowest BCUT2D eigenvalue weighted by molar-refractivity contribution is 0.398. The molecule has 5 nitrogen and oxygen atoms in total. The van der Waals surface area contributed by atoms with E-state index in [0.717, 1.165) is 22.6 Å². The van der Waals surface area contributed by atoms with Gasteiger partial charge in [0.05, 0.1) is 20.0 Å². The highest BCUT2D eigenvalue weighted by molar-refractivity contribution is 7.89. The van der Waals surface area contributed by atoms with Gasteiger partial charge in [-0.1, -0.05) is 24.3 Å². The second-order valence-corrected chi connectivity index (χ2v) is 7.62. The van der Waals surface area contributed by atoms with Crippen molar-refractivity contribution < 1.29 is 17.9 Å². The van der Waals surface area contributed by atoms with Crippen LogP contribution < -0.4 is 9.47 Å². The highest BCUT2D eigenvalue weighted by Gasteiger charge is 2.20. The molecule has 0 spiro atoms. The predicted octanol–water partition coefficient (Wildman–Crippen LogP) is 3.06. The molecule has 0 radical (unpaired) electrons. The first kappa shape index (κ1) is 18.3. The number of sulfonamides is 1. The van der Waals surface area contributed by atoms with Crippen molar-refractivity contribution in [2.75, 3.05) is 20.0 Å². The fourth-order valence-electron chi connectivity index (χ4n) is 2.30. The Hall–Kier alpha value is -2.05. The van der Waals surface area contributed by atoms with Crippen molar-refractivity contribution in [1.29, 1.82) is 0 Å². The molecule has 2 aromatic rings. The quantitative estimate of drug-likeness (QED) is 0.735. The summed E-state index contributed by atoms with van der Waals surface area (Å²) in [5, 5.41) is 0. The Morgan fingerprint density at radius 2 is 1.17 bits per heavy atom. The maximum atomic E-state index is 12.4. The lowest BCUT2D eigenvalue weighted by Crippen LogP contribution is -2.31. The van der Waals surface area contributed by atoms with Crippen LogP contribution in [0.15, 0.2) is 48.5 Å². The average molecular weight is 349 g/mol. The second kappa shape index (κ2) is 8.17. The zero-order valence-corrected chi connectivity index (χ0v) is 15.0. The Kier molecular flexibility index (Phi) is 6.23. The van der Waals surface area contributed by atoms with Gasteiger partial charge < -0.3 is 9.47 Å². The molecule has 0 unspecified atom stereocenters. The minimum Gasteiger partial charge on any atom is -0.497 e. The molecule has 0 bridgehead atoms. The third kappa shape index (κ3) is 4.72. The number of methoxy groups -OCH3 is 2. The lowest BCUT2D eigenvalue weighted by Gasteiger charge is -2.22. The summed E-state index contributed by atoms with van der Waals surface area (Å²) in [6.45, 7) is 2.31. The van der Waals surface area contributed by atoms with Crippen molar-refractivity contribution in [3.05, 3.63) is 59.7 Å². The monoisotopic (exact) mass is 349 g/mol. The van der Waals surface area contributed by atoms with Gasteiger partial charge in [0.1, 0.15) is 11.5 Å². The van der Waals surface area contributed by atoms with Gasteiger partial charge in [0.2, 0.25) is 10.0 Å². The van der Waals surface area contributed by atoms with E-state index in [4.69, 9.17) is 9.47 Å². The molecule has 0 saturated carbocycles. The van der Waals surface area contributed by atoms with Gasteiger partial charge in [-0.2, -0.15) is 4.31 Å². The summed E-state index contributed by atoms with van der Waals surface area (Å²) in [6.07, 6.45) is 0. The minimum atomic E-state index is -3.32. The van der Waals surface area contributed by atoms with Crippen molar-refractivity contribution >= 4 is 10.0 Å². The Morgan fingerprint density at radius 1 is 0.792 bits per heavy atom. The normalized spacial score (nSPS) is 11.5. The third-order valence-corrected chi connectivity index (χ3v) is 5.57. The molecule has 24 heavy (non-hydrogen) atoms. The van der Waals surface area contributed by atoms with Gasteiger partial charge in [0.15, 0.2) is 0 Å². The number of benzene rings is 2. The molecule has 2 aromatic carbocycles. The van der Waals surface area contributed by atoms with Gasteiger partial charge in [-0.15, -0.1) is 0 Å². The van der Waals surface area contributed by atoms with Gasteiger partial charge in [0.25, 0.3) is 0 Å². The van der Waals surface area contributed by atoms with Gasteiger partial charge >= 0.3 is 0 Å². The summed E-state index contributed by atoms with van der Waals surface area (Å²) in [5.41, 5.74) is 1.84. The van der Waals surface area contributed by atoms with Gasteiger partial charge in [-0.05, 0) is 42.3 Å². The predicted molar refractivity (Wildman–Crippen MR) is 94.7 cm³/mol. The Balaban J connectivity index is 2.20. The average Bonchev–Trinajstić information content (AvgIpc) is 2.62. The molecule has 0 N–H and O–H groups in total. The van der Waals surface area contributed by atoms with Crippen LogP contribution in [-0.2, 0) is 23.1 Å². The number of hydrogen-bond acceptors (Lipinski definition) is 4. The van der Waals surface area contributed by atoms with E-state index in [-0.39, 0.29) is 5.75 Å². The topological polar surface area (TPSA) is 55.8 Å². The summed E-state index contributed by atoms with van der Waals surface area (Å²) >= 11 is 0. The zero-order valence-electron chi connectivity index (χ0n) is 14.2. The molecule has 0 saturated heterocycles. The zero-order chi connectivity index (χ0) is 17.6. The Morgan fingerprint density at radius 3 is 1.46 bits per heavy atom. The SMILES string of the molecule is CCS(=O)(=O)N(Cc1ccc(OC)cc1)Cc1ccc(OC)cc1. The molecule has 0 aliphatic carbocycles. The maximum absolute atomic E-state index is 12.4. The van der Waals surface area contributed by atoms with E-state index in [0.29, 0.717) is 13.1 Å². The molecule has 130 valence electrons. The van der Waals surface area contributed by atoms with Gasteiger partial charge in [-0.3, -0.25) is 0 Å². The second-order valence-electron chi connectivity index (χ2n) is 5.36. The van der Waals surface area contributed by atoms with E-state index in [9.17, 15) is 8.42 Å². The smallest absolute Gasteiger partial charge is 0.214 e. The first-order valence-corrected chi connectivity index (χ1v) is 9.33. The number of hydrogen-bond donors (Lipinski definition) is 0. The van der Waals surface area contributed by atoms with Crippen molar-refractivity contribution in [3.63, 3.8) is 0 Å². The van der Waals surface area contributed by atoms with Crippen molar-refractivity contribution in [1.82, 2.24) is 4.31 Å². The summed E-state index contributed by atoms with van der Waals surface area (Å²) in [6, 6.07) is 14.9. The number of rotatable bonds is 8. The van der Waals surface area contributed by atoms with E-state index in [2.05, 4.69) is 0 Å². The van der Waals surface area contributed by atoms with Crippen LogP contribution in [0.2, 0.25) is 0 Å². The molecule has 0 fully saturated rings. The van der Waals surface area contributed by atoms with E-state index in [1.807, 2.05) is 48.5 Å². The molecule has 0 heterocycles. The molecule has 0 aliphatic rings. The molecule has 2 rings (SSSR count). The van der Waals surface area contributed by atoms with E-state index in [1.165, 1.54) is 4.31 Å². The minimum absolute atomic E-state index is 0.0688. The summed E-state index contributed by atoms with van der Waals surface area (Å²) < 4.78 is 36.6. The molecule has 0 aromatic heterocycles. The van der Waals surface area contributed by atoms with Crippen LogP contribution in [0.25, 0.3) is 0 Å². The van der Waals surface area contributed by atoms with Gasteiger partial charge in [0, 0.05) is 13.1 Å². The molecular formula is C18H23NO4S. The highest BCUT2D eigenvalue weighted by Crippen LogP contribution is 2.19. The van der Waals surface area contributed by atoms with Crippen LogP contribution in [0.5, 0.6) is 11.5 Å². The fraction of sp³-hybridized carbons (Fsp3) is 0.333. The Bertz CT molecular complexity index is 690. The molecular weight excluding hydrogens is 326 g/mol. The van der Waals surface area contributed by atoms with Crippen LogP contribution in [0.4, 0.5) is 0 Å². The third-order valence-electron chi connectivity index (χ3n) is 3.79.